The number of halogens is 1. The number of ether oxygens (including phenoxy) is 2. The number of unbranched alkanes of at least 4 members (excludes halogenated alkanes) is 4. The number of carbonyl (C=O) groups is 4. The first-order valence-corrected chi connectivity index (χ1v) is 15.9. The predicted octanol–water partition coefficient (Wildman–Crippen LogP) is 7.30. The Kier molecular flexibility index (Phi) is 13.2. The summed E-state index contributed by atoms with van der Waals surface area (Å²) in [6.45, 7) is 2.25. The molecule has 0 radical (unpaired) electrons. The highest BCUT2D eigenvalue weighted by Gasteiger charge is 2.20. The third-order valence-electron chi connectivity index (χ3n) is 7.40. The molecule has 10 heteroatoms. The Labute approximate surface area is 279 Å². The Hall–Kier alpha value is -5.51. The highest BCUT2D eigenvalue weighted by atomic mass is 19.1. The van der Waals surface area contributed by atoms with Crippen LogP contribution in [0, 0.1) is 5.82 Å². The van der Waals surface area contributed by atoms with Crippen molar-refractivity contribution in [2.75, 3.05) is 18.5 Å². The molecule has 0 unspecified atom stereocenters. The van der Waals surface area contributed by atoms with Gasteiger partial charge in [-0.1, -0.05) is 56.9 Å². The second-order valence-electron chi connectivity index (χ2n) is 11.3. The fourth-order valence-corrected chi connectivity index (χ4v) is 4.91. The molecule has 2 amide bonds. The quantitative estimate of drug-likeness (QED) is 0.0696. The van der Waals surface area contributed by atoms with Crippen LogP contribution in [0.1, 0.15) is 70.9 Å². The summed E-state index contributed by atoms with van der Waals surface area (Å²) in [5.74, 6) is -2.04. The summed E-state index contributed by atoms with van der Waals surface area (Å²) in [5, 5.41) is 12.2. The summed E-state index contributed by atoms with van der Waals surface area (Å²) < 4.78 is 24.7. The number of amides is 2. The first-order chi connectivity index (χ1) is 23.2. The van der Waals surface area contributed by atoms with Gasteiger partial charge in [0.05, 0.1) is 18.6 Å². The van der Waals surface area contributed by atoms with Crippen molar-refractivity contribution in [3.05, 3.63) is 125 Å². The number of hydrogen-bond acceptors (Lipinski definition) is 6. The monoisotopic (exact) mass is 654 g/mol. The van der Waals surface area contributed by atoms with Crippen molar-refractivity contribution in [2.24, 2.45) is 0 Å². The molecule has 0 atom stereocenters. The predicted molar refractivity (Wildman–Crippen MR) is 180 cm³/mol. The zero-order chi connectivity index (χ0) is 34.3. The molecule has 2 N–H and O–H groups in total. The molecular formula is C38H39FN2O7. The summed E-state index contributed by atoms with van der Waals surface area (Å²) in [5.41, 5.74) is 2.18. The molecule has 0 fully saturated rings. The van der Waals surface area contributed by atoms with E-state index in [0.717, 1.165) is 12.8 Å². The third-order valence-corrected chi connectivity index (χ3v) is 7.40. The number of aliphatic carboxylic acids is 1. The van der Waals surface area contributed by atoms with E-state index in [0.29, 0.717) is 40.5 Å². The molecule has 0 bridgehead atoms. The lowest BCUT2D eigenvalue weighted by Gasteiger charge is -2.21. The molecule has 0 aromatic heterocycles. The molecule has 0 heterocycles. The van der Waals surface area contributed by atoms with E-state index in [1.165, 1.54) is 66.6 Å². The van der Waals surface area contributed by atoms with Crippen LogP contribution in [0.15, 0.2) is 97.1 Å². The smallest absolute Gasteiger partial charge is 0.343 e. The van der Waals surface area contributed by atoms with Gasteiger partial charge in [-0.15, -0.1) is 0 Å². The average molecular weight is 655 g/mol. The fourth-order valence-electron chi connectivity index (χ4n) is 4.91. The van der Waals surface area contributed by atoms with E-state index < -0.39 is 30.2 Å². The van der Waals surface area contributed by atoms with Crippen molar-refractivity contribution in [1.82, 2.24) is 4.90 Å². The van der Waals surface area contributed by atoms with Gasteiger partial charge in [-0.05, 0) is 90.3 Å². The Morgan fingerprint density at radius 1 is 0.771 bits per heavy atom. The molecule has 250 valence electrons. The fraction of sp³-hybridized carbons (Fsp3) is 0.263. The van der Waals surface area contributed by atoms with E-state index in [9.17, 15) is 28.7 Å². The van der Waals surface area contributed by atoms with E-state index >= 15 is 0 Å². The number of carboxylic acid groups (broad SMARTS) is 1. The van der Waals surface area contributed by atoms with Crippen LogP contribution in [-0.2, 0) is 22.6 Å². The summed E-state index contributed by atoms with van der Waals surface area (Å²) >= 11 is 0. The molecular weight excluding hydrogens is 615 g/mol. The van der Waals surface area contributed by atoms with Gasteiger partial charge in [0.15, 0.2) is 0 Å². The van der Waals surface area contributed by atoms with Crippen molar-refractivity contribution in [3.63, 3.8) is 0 Å². The second-order valence-corrected chi connectivity index (χ2v) is 11.3. The Bertz CT molecular complexity index is 1670. The van der Waals surface area contributed by atoms with Crippen LogP contribution >= 0.6 is 0 Å². The third kappa shape index (κ3) is 11.4. The van der Waals surface area contributed by atoms with Crippen LogP contribution in [0.4, 0.5) is 10.1 Å². The number of esters is 1. The van der Waals surface area contributed by atoms with Crippen LogP contribution in [0.25, 0.3) is 0 Å². The molecule has 9 nitrogen and oxygen atoms in total. The Balaban J connectivity index is 1.29. The standard InChI is InChI=1S/C38H39FN2O7/c1-2-3-4-5-6-22-47-33-20-14-30(15-21-33)38(46)48-34-18-10-27(11-19-34)25-41(26-36(43)44)37(45)29-12-16-32(17-13-29)40-35(42)24-28-8-7-9-31(39)23-28/h7-21,23H,2-6,22,24-26H2,1H3,(H,40,42)(H,43,44). The van der Waals surface area contributed by atoms with Crippen molar-refractivity contribution < 1.29 is 38.1 Å². The van der Waals surface area contributed by atoms with Crippen molar-refractivity contribution >= 4 is 29.4 Å². The van der Waals surface area contributed by atoms with Gasteiger partial charge < -0.3 is 24.8 Å². The van der Waals surface area contributed by atoms with Gasteiger partial charge in [-0.3, -0.25) is 14.4 Å². The Morgan fingerprint density at radius 2 is 1.44 bits per heavy atom. The molecule has 48 heavy (non-hydrogen) atoms. The molecule has 4 aromatic rings. The summed E-state index contributed by atoms with van der Waals surface area (Å²) in [7, 11) is 0. The van der Waals surface area contributed by atoms with Gasteiger partial charge in [0.25, 0.3) is 5.91 Å². The summed E-state index contributed by atoms with van der Waals surface area (Å²) in [6, 6.07) is 25.0. The topological polar surface area (TPSA) is 122 Å². The van der Waals surface area contributed by atoms with Crippen LogP contribution in [0.2, 0.25) is 0 Å². The van der Waals surface area contributed by atoms with E-state index in [1.807, 2.05) is 0 Å². The highest BCUT2D eigenvalue weighted by molar-refractivity contribution is 5.97. The second kappa shape index (κ2) is 18.0. The molecule has 0 saturated carbocycles. The van der Waals surface area contributed by atoms with Crippen LogP contribution in [0.3, 0.4) is 0 Å². The summed E-state index contributed by atoms with van der Waals surface area (Å²) in [4.78, 5) is 51.1. The minimum Gasteiger partial charge on any atom is -0.494 e. The largest absolute Gasteiger partial charge is 0.494 e. The van der Waals surface area contributed by atoms with Gasteiger partial charge in [0, 0.05) is 17.8 Å². The number of carbonyl (C=O) groups excluding carboxylic acids is 3. The highest BCUT2D eigenvalue weighted by Crippen LogP contribution is 2.20. The maximum atomic E-state index is 13.4. The van der Waals surface area contributed by atoms with Gasteiger partial charge in [0.1, 0.15) is 23.9 Å². The molecule has 0 spiro atoms. The lowest BCUT2D eigenvalue weighted by molar-refractivity contribution is -0.137. The first-order valence-electron chi connectivity index (χ1n) is 15.9. The van der Waals surface area contributed by atoms with Crippen molar-refractivity contribution in [3.8, 4) is 11.5 Å². The molecule has 4 rings (SSSR count). The number of nitrogens with one attached hydrogen (secondary N) is 1. The van der Waals surface area contributed by atoms with Gasteiger partial charge in [0.2, 0.25) is 5.91 Å². The van der Waals surface area contributed by atoms with Crippen LogP contribution < -0.4 is 14.8 Å². The number of carboxylic acids is 1. The van der Waals surface area contributed by atoms with E-state index in [4.69, 9.17) is 9.47 Å². The molecule has 0 aliphatic rings. The number of benzene rings is 4. The SMILES string of the molecule is CCCCCCCOc1ccc(C(=O)Oc2ccc(CN(CC(=O)O)C(=O)c3ccc(NC(=O)Cc4cccc(F)c4)cc3)cc2)cc1. The zero-order valence-corrected chi connectivity index (χ0v) is 26.8. The zero-order valence-electron chi connectivity index (χ0n) is 26.8. The maximum Gasteiger partial charge on any atom is 0.343 e. The van der Waals surface area contributed by atoms with Crippen LogP contribution in [0.5, 0.6) is 11.5 Å². The van der Waals surface area contributed by atoms with E-state index in [1.54, 1.807) is 54.6 Å². The minimum absolute atomic E-state index is 0.00838. The van der Waals surface area contributed by atoms with Crippen LogP contribution in [-0.4, -0.2) is 46.9 Å². The number of anilines is 1. The van der Waals surface area contributed by atoms with Crippen molar-refractivity contribution in [2.45, 2.75) is 52.0 Å². The molecule has 4 aromatic carbocycles. The lowest BCUT2D eigenvalue weighted by atomic mass is 10.1. The normalized spacial score (nSPS) is 10.6. The number of nitrogens with zero attached hydrogens (tertiary/aromatic N) is 1. The van der Waals surface area contributed by atoms with Gasteiger partial charge >= 0.3 is 11.9 Å². The van der Waals surface area contributed by atoms with Gasteiger partial charge in [-0.25, -0.2) is 9.18 Å². The summed E-state index contributed by atoms with van der Waals surface area (Å²) in [6.07, 6.45) is 5.71. The Morgan fingerprint density at radius 3 is 2.10 bits per heavy atom. The lowest BCUT2D eigenvalue weighted by Crippen LogP contribution is -2.35. The maximum absolute atomic E-state index is 13.4. The first kappa shape index (κ1) is 35.3. The molecule has 0 saturated heterocycles. The number of rotatable bonds is 17. The average Bonchev–Trinajstić information content (AvgIpc) is 3.07. The number of hydrogen-bond donors (Lipinski definition) is 2. The van der Waals surface area contributed by atoms with E-state index in [-0.39, 0.29) is 24.4 Å². The molecule has 0 aliphatic carbocycles. The van der Waals surface area contributed by atoms with Crippen molar-refractivity contribution in [1.29, 1.82) is 0 Å². The molecule has 0 aliphatic heterocycles. The minimum atomic E-state index is -1.18. The van der Waals surface area contributed by atoms with E-state index in [2.05, 4.69) is 12.2 Å². The van der Waals surface area contributed by atoms with Gasteiger partial charge in [-0.2, -0.15) is 0 Å².